The van der Waals surface area contributed by atoms with Crippen molar-refractivity contribution in [2.75, 3.05) is 0 Å². The first kappa shape index (κ1) is 21.5. The third-order valence-electron chi connectivity index (χ3n) is 4.74. The summed E-state index contributed by atoms with van der Waals surface area (Å²) in [7, 11) is 0. The molecule has 1 rings (SSSR count). The maximum Gasteiger partial charge on any atom is 0.206 e. The molecule has 1 heterocycles. The van der Waals surface area contributed by atoms with E-state index in [9.17, 15) is 0 Å². The Morgan fingerprint density at radius 2 is 1.08 bits per heavy atom. The second kappa shape index (κ2) is 15.9. The number of hydrogen-bond acceptors (Lipinski definition) is 4. The molecule has 0 saturated carbocycles. The van der Waals surface area contributed by atoms with Crippen LogP contribution in [0.3, 0.4) is 0 Å². The van der Waals surface area contributed by atoms with Crippen LogP contribution in [0.2, 0.25) is 0 Å². The number of nitrogens with zero attached hydrogens (tertiary/aromatic N) is 4. The molecule has 0 N–H and O–H groups in total. The van der Waals surface area contributed by atoms with Crippen molar-refractivity contribution in [3.63, 3.8) is 0 Å². The largest absolute Gasteiger partial charge is 0.221 e. The molecule has 0 amide bonds. The zero-order valence-electron chi connectivity index (χ0n) is 15.8. The Kier molecular flexibility index (Phi) is 14.2. The van der Waals surface area contributed by atoms with Gasteiger partial charge in [-0.1, -0.05) is 103 Å². The molecule has 24 heavy (non-hydrogen) atoms. The summed E-state index contributed by atoms with van der Waals surface area (Å²) in [5.41, 5.74) is 0. The van der Waals surface area contributed by atoms with Crippen molar-refractivity contribution in [3.05, 3.63) is 0 Å². The molecule has 0 spiro atoms. The molecule has 4 nitrogen and oxygen atoms in total. The first-order chi connectivity index (χ1) is 11.8. The third kappa shape index (κ3) is 11.9. The van der Waals surface area contributed by atoms with E-state index in [4.69, 9.17) is 0 Å². The molecule has 1 aromatic rings. The maximum absolute atomic E-state index is 4.21. The molecule has 140 valence electrons. The van der Waals surface area contributed by atoms with Crippen LogP contribution in [0.5, 0.6) is 0 Å². The Labute approximate surface area is 154 Å². The van der Waals surface area contributed by atoms with Crippen LogP contribution in [-0.2, 0) is 6.54 Å². The summed E-state index contributed by atoms with van der Waals surface area (Å²) in [6, 6.07) is 0. The Balaban J connectivity index is 1.71. The van der Waals surface area contributed by atoms with Gasteiger partial charge >= 0.3 is 0 Å². The van der Waals surface area contributed by atoms with E-state index in [-0.39, 0.29) is 0 Å². The van der Waals surface area contributed by atoms with E-state index in [0.29, 0.717) is 5.16 Å². The summed E-state index contributed by atoms with van der Waals surface area (Å²) in [6.45, 7) is 3.18. The summed E-state index contributed by atoms with van der Waals surface area (Å²) in [6.07, 6.45) is 22.3. The lowest BCUT2D eigenvalue weighted by Crippen LogP contribution is -2.01. The van der Waals surface area contributed by atoms with Crippen molar-refractivity contribution in [3.8, 4) is 0 Å². The minimum absolute atomic E-state index is 0.621. The van der Waals surface area contributed by atoms with Crippen molar-refractivity contribution in [1.82, 2.24) is 20.2 Å². The molecule has 0 unspecified atom stereocenters. The summed E-state index contributed by atoms with van der Waals surface area (Å²) in [5.74, 6) is 0. The summed E-state index contributed by atoms with van der Waals surface area (Å²) < 4.78 is 1.77. The minimum atomic E-state index is 0.621. The second-order valence-corrected chi connectivity index (χ2v) is 7.41. The van der Waals surface area contributed by atoms with Gasteiger partial charge in [-0.2, -0.15) is 0 Å². The zero-order chi connectivity index (χ0) is 17.3. The van der Waals surface area contributed by atoms with Crippen LogP contribution in [0.25, 0.3) is 0 Å². The summed E-state index contributed by atoms with van der Waals surface area (Å²) in [4.78, 5) is 0. The molecule has 0 fully saturated rings. The smallest absolute Gasteiger partial charge is 0.206 e. The van der Waals surface area contributed by atoms with Crippen LogP contribution in [0, 0.1) is 0 Å². The third-order valence-corrected chi connectivity index (χ3v) is 5.06. The number of tetrazole rings is 1. The standard InChI is InChI=1S/C19H38N4S/c1-2-3-4-5-6-7-8-9-10-11-12-13-14-15-16-17-18-23-19(24)20-21-22-23/h2-18H2,1H3,(H,20,22,24). The van der Waals surface area contributed by atoms with Crippen molar-refractivity contribution in [2.24, 2.45) is 0 Å². The molecule has 0 bridgehead atoms. The molecule has 0 aliphatic carbocycles. The number of unbranched alkanes of at least 4 members (excludes halogenated alkanes) is 15. The molecular formula is C19H38N4S. The van der Waals surface area contributed by atoms with Crippen LogP contribution in [-0.4, -0.2) is 20.2 Å². The quantitative estimate of drug-likeness (QED) is 0.266. The SMILES string of the molecule is CCCCCCCCCCCCCCCCCCn1nnnc1S. The van der Waals surface area contributed by atoms with E-state index in [2.05, 4.69) is 35.1 Å². The number of aromatic nitrogens is 4. The van der Waals surface area contributed by atoms with Gasteiger partial charge in [0.2, 0.25) is 5.16 Å². The molecule has 0 aromatic carbocycles. The van der Waals surface area contributed by atoms with E-state index in [1.165, 1.54) is 96.3 Å². The first-order valence-corrected chi connectivity index (χ1v) is 10.7. The predicted octanol–water partition coefficient (Wildman–Crippen LogP) is 6.22. The van der Waals surface area contributed by atoms with E-state index < -0.39 is 0 Å². The van der Waals surface area contributed by atoms with Crippen LogP contribution in [0.4, 0.5) is 0 Å². The van der Waals surface area contributed by atoms with Crippen molar-refractivity contribution >= 4 is 12.6 Å². The lowest BCUT2D eigenvalue weighted by molar-refractivity contribution is 0.485. The van der Waals surface area contributed by atoms with Gasteiger partial charge in [-0.05, 0) is 16.8 Å². The molecule has 0 radical (unpaired) electrons. The van der Waals surface area contributed by atoms with Gasteiger partial charge in [-0.15, -0.1) is 17.7 Å². The van der Waals surface area contributed by atoms with Gasteiger partial charge < -0.3 is 0 Å². The highest BCUT2D eigenvalue weighted by atomic mass is 32.1. The van der Waals surface area contributed by atoms with Gasteiger partial charge in [0, 0.05) is 6.54 Å². The monoisotopic (exact) mass is 354 g/mol. The number of hydrogen-bond donors (Lipinski definition) is 1. The number of rotatable bonds is 17. The highest BCUT2D eigenvalue weighted by Crippen LogP contribution is 2.14. The fraction of sp³-hybridized carbons (Fsp3) is 0.947. The highest BCUT2D eigenvalue weighted by Gasteiger charge is 2.00. The van der Waals surface area contributed by atoms with E-state index in [1.54, 1.807) is 4.68 Å². The van der Waals surface area contributed by atoms with E-state index >= 15 is 0 Å². The fourth-order valence-electron chi connectivity index (χ4n) is 3.15. The van der Waals surface area contributed by atoms with Crippen LogP contribution < -0.4 is 0 Å². The maximum atomic E-state index is 4.21. The molecule has 1 aromatic heterocycles. The van der Waals surface area contributed by atoms with Crippen molar-refractivity contribution < 1.29 is 0 Å². The average Bonchev–Trinajstić information content (AvgIpc) is 2.99. The average molecular weight is 355 g/mol. The number of thiol groups is 1. The topological polar surface area (TPSA) is 43.6 Å². The predicted molar refractivity (Wildman–Crippen MR) is 105 cm³/mol. The fourth-order valence-corrected chi connectivity index (χ4v) is 3.33. The summed E-state index contributed by atoms with van der Waals surface area (Å²) in [5, 5.41) is 11.9. The van der Waals surface area contributed by atoms with Gasteiger partial charge in [-0.3, -0.25) is 0 Å². The van der Waals surface area contributed by atoms with Gasteiger partial charge in [0.05, 0.1) is 0 Å². The van der Waals surface area contributed by atoms with Gasteiger partial charge in [0.1, 0.15) is 0 Å². The van der Waals surface area contributed by atoms with Gasteiger partial charge in [0.15, 0.2) is 0 Å². The Morgan fingerprint density at radius 1 is 0.667 bits per heavy atom. The van der Waals surface area contributed by atoms with Crippen molar-refractivity contribution in [2.45, 2.75) is 121 Å². The first-order valence-electron chi connectivity index (χ1n) is 10.3. The normalized spacial score (nSPS) is 11.2. The molecule has 0 saturated heterocycles. The lowest BCUT2D eigenvalue weighted by Gasteiger charge is -2.04. The zero-order valence-corrected chi connectivity index (χ0v) is 16.7. The van der Waals surface area contributed by atoms with Crippen molar-refractivity contribution in [1.29, 1.82) is 0 Å². The van der Waals surface area contributed by atoms with E-state index in [1.807, 2.05) is 0 Å². The van der Waals surface area contributed by atoms with E-state index in [0.717, 1.165) is 13.0 Å². The lowest BCUT2D eigenvalue weighted by atomic mass is 10.0. The Hall–Kier alpha value is -0.580. The van der Waals surface area contributed by atoms with Crippen LogP contribution in [0.1, 0.15) is 110 Å². The molecule has 0 atom stereocenters. The molecule has 0 aliphatic heterocycles. The Morgan fingerprint density at radius 3 is 1.46 bits per heavy atom. The minimum Gasteiger partial charge on any atom is -0.221 e. The van der Waals surface area contributed by atoms with Crippen LogP contribution >= 0.6 is 12.6 Å². The summed E-state index contributed by atoms with van der Waals surface area (Å²) >= 11 is 4.21. The molecule has 5 heteroatoms. The van der Waals surface area contributed by atoms with Gasteiger partial charge in [-0.25, -0.2) is 4.68 Å². The highest BCUT2D eigenvalue weighted by molar-refractivity contribution is 7.80. The number of aryl methyl sites for hydroxylation is 1. The Bertz CT molecular complexity index is 381. The molecule has 0 aliphatic rings. The van der Waals surface area contributed by atoms with Gasteiger partial charge in [0.25, 0.3) is 0 Å². The molecular weight excluding hydrogens is 316 g/mol. The second-order valence-electron chi connectivity index (χ2n) is 7.01. The van der Waals surface area contributed by atoms with Crippen LogP contribution in [0.15, 0.2) is 5.16 Å².